The van der Waals surface area contributed by atoms with Crippen LogP contribution in [0.2, 0.25) is 0 Å². The number of hydrogen-bond donors (Lipinski definition) is 2. The van der Waals surface area contributed by atoms with E-state index < -0.39 is 0 Å². The van der Waals surface area contributed by atoms with Gasteiger partial charge < -0.3 is 11.1 Å². The van der Waals surface area contributed by atoms with Crippen LogP contribution in [0.25, 0.3) is 0 Å². The Kier molecular flexibility index (Phi) is 5.05. The lowest BCUT2D eigenvalue weighted by Crippen LogP contribution is -2.27. The zero-order valence-corrected chi connectivity index (χ0v) is 12.6. The second-order valence-electron chi connectivity index (χ2n) is 6.26. The van der Waals surface area contributed by atoms with Crippen molar-refractivity contribution in [2.75, 3.05) is 12.3 Å². The standard InChI is InChI=1S/C17H26N2O/c1-12-3-6-14(7-4-12)9-10-19-17(20)15-8-5-13(2)11-16(15)18/h5,8,11-12,14H,3-4,6-7,9-10,18H2,1-2H3,(H,19,20). The zero-order chi connectivity index (χ0) is 14.5. The number of amides is 1. The van der Waals surface area contributed by atoms with Crippen molar-refractivity contribution in [3.05, 3.63) is 29.3 Å². The highest BCUT2D eigenvalue weighted by atomic mass is 16.1. The van der Waals surface area contributed by atoms with Gasteiger partial charge in [-0.05, 0) is 42.9 Å². The summed E-state index contributed by atoms with van der Waals surface area (Å²) in [5, 5.41) is 3.00. The number of hydrogen-bond acceptors (Lipinski definition) is 2. The van der Waals surface area contributed by atoms with Crippen LogP contribution in [-0.2, 0) is 0 Å². The van der Waals surface area contributed by atoms with Gasteiger partial charge in [-0.15, -0.1) is 0 Å². The molecule has 3 heteroatoms. The average Bonchev–Trinajstić information content (AvgIpc) is 2.41. The lowest BCUT2D eigenvalue weighted by molar-refractivity contribution is 0.0950. The molecule has 1 aliphatic rings. The summed E-state index contributed by atoms with van der Waals surface area (Å²) in [5.41, 5.74) is 8.12. The minimum absolute atomic E-state index is 0.0494. The van der Waals surface area contributed by atoms with E-state index in [0.717, 1.165) is 30.4 Å². The molecular formula is C17H26N2O. The molecule has 0 heterocycles. The highest BCUT2D eigenvalue weighted by Gasteiger charge is 2.18. The number of rotatable bonds is 4. The quantitative estimate of drug-likeness (QED) is 0.825. The molecule has 1 amide bonds. The number of carbonyl (C=O) groups excluding carboxylic acids is 1. The third kappa shape index (κ3) is 3.99. The number of anilines is 1. The van der Waals surface area contributed by atoms with Gasteiger partial charge in [-0.3, -0.25) is 4.79 Å². The van der Waals surface area contributed by atoms with Gasteiger partial charge in [0.1, 0.15) is 0 Å². The van der Waals surface area contributed by atoms with E-state index in [0.29, 0.717) is 11.3 Å². The normalized spacial score (nSPS) is 22.5. The van der Waals surface area contributed by atoms with Gasteiger partial charge in [0.25, 0.3) is 5.91 Å². The van der Waals surface area contributed by atoms with Gasteiger partial charge >= 0.3 is 0 Å². The maximum absolute atomic E-state index is 12.1. The van der Waals surface area contributed by atoms with E-state index in [9.17, 15) is 4.79 Å². The molecule has 0 saturated heterocycles. The van der Waals surface area contributed by atoms with E-state index in [1.807, 2.05) is 25.1 Å². The van der Waals surface area contributed by atoms with Gasteiger partial charge in [-0.1, -0.05) is 38.7 Å². The second kappa shape index (κ2) is 6.78. The monoisotopic (exact) mass is 274 g/mol. The molecule has 0 bridgehead atoms. The molecule has 3 nitrogen and oxygen atoms in total. The molecule has 0 aliphatic heterocycles. The highest BCUT2D eigenvalue weighted by Crippen LogP contribution is 2.29. The minimum atomic E-state index is -0.0494. The number of nitrogens with two attached hydrogens (primary N) is 1. The number of aryl methyl sites for hydroxylation is 1. The summed E-state index contributed by atoms with van der Waals surface area (Å²) < 4.78 is 0. The fourth-order valence-corrected chi connectivity index (χ4v) is 2.99. The summed E-state index contributed by atoms with van der Waals surface area (Å²) in [4.78, 5) is 12.1. The van der Waals surface area contributed by atoms with E-state index in [4.69, 9.17) is 5.73 Å². The Morgan fingerprint density at radius 1 is 1.30 bits per heavy atom. The number of nitrogen functional groups attached to an aromatic ring is 1. The molecule has 1 fully saturated rings. The Bertz CT molecular complexity index is 462. The smallest absolute Gasteiger partial charge is 0.253 e. The predicted molar refractivity (Wildman–Crippen MR) is 83.7 cm³/mol. The molecule has 0 radical (unpaired) electrons. The molecule has 0 unspecified atom stereocenters. The number of benzene rings is 1. The van der Waals surface area contributed by atoms with Crippen molar-refractivity contribution in [2.24, 2.45) is 11.8 Å². The van der Waals surface area contributed by atoms with E-state index >= 15 is 0 Å². The average molecular weight is 274 g/mol. The van der Waals surface area contributed by atoms with Crippen molar-refractivity contribution in [3.8, 4) is 0 Å². The first-order chi connectivity index (χ1) is 9.56. The molecule has 110 valence electrons. The van der Waals surface area contributed by atoms with Crippen molar-refractivity contribution in [1.82, 2.24) is 5.32 Å². The van der Waals surface area contributed by atoms with Crippen LogP contribution in [0.1, 0.15) is 54.9 Å². The largest absolute Gasteiger partial charge is 0.398 e. The van der Waals surface area contributed by atoms with Gasteiger partial charge in [0, 0.05) is 12.2 Å². The molecule has 1 aromatic rings. The van der Waals surface area contributed by atoms with E-state index in [1.54, 1.807) is 0 Å². The molecule has 0 atom stereocenters. The van der Waals surface area contributed by atoms with E-state index in [-0.39, 0.29) is 5.91 Å². The molecule has 1 saturated carbocycles. The Morgan fingerprint density at radius 3 is 2.65 bits per heavy atom. The van der Waals surface area contributed by atoms with Crippen molar-refractivity contribution in [1.29, 1.82) is 0 Å². The Morgan fingerprint density at radius 2 is 2.00 bits per heavy atom. The summed E-state index contributed by atoms with van der Waals surface area (Å²) in [5.74, 6) is 1.61. The van der Waals surface area contributed by atoms with Crippen molar-refractivity contribution < 1.29 is 4.79 Å². The minimum Gasteiger partial charge on any atom is -0.398 e. The molecular weight excluding hydrogens is 248 g/mol. The molecule has 0 aromatic heterocycles. The van der Waals surface area contributed by atoms with Crippen LogP contribution in [0.15, 0.2) is 18.2 Å². The van der Waals surface area contributed by atoms with Gasteiger partial charge in [0.2, 0.25) is 0 Å². The van der Waals surface area contributed by atoms with Crippen LogP contribution in [-0.4, -0.2) is 12.5 Å². The summed E-state index contributed by atoms with van der Waals surface area (Å²) in [6.45, 7) is 5.06. The van der Waals surface area contributed by atoms with Crippen molar-refractivity contribution in [2.45, 2.75) is 46.0 Å². The first-order valence-corrected chi connectivity index (χ1v) is 7.70. The Hall–Kier alpha value is -1.51. The molecule has 3 N–H and O–H groups in total. The fourth-order valence-electron chi connectivity index (χ4n) is 2.99. The molecule has 1 aromatic carbocycles. The van der Waals surface area contributed by atoms with Crippen molar-refractivity contribution >= 4 is 11.6 Å². The van der Waals surface area contributed by atoms with Crippen LogP contribution in [0.3, 0.4) is 0 Å². The first kappa shape index (κ1) is 14.9. The van der Waals surface area contributed by atoms with Gasteiger partial charge in [0.15, 0.2) is 0 Å². The topological polar surface area (TPSA) is 55.1 Å². The van der Waals surface area contributed by atoms with Crippen LogP contribution in [0.5, 0.6) is 0 Å². The third-order valence-corrected chi connectivity index (χ3v) is 4.43. The van der Waals surface area contributed by atoms with Crippen LogP contribution >= 0.6 is 0 Å². The van der Waals surface area contributed by atoms with Crippen LogP contribution < -0.4 is 11.1 Å². The molecule has 1 aliphatic carbocycles. The molecule has 2 rings (SSSR count). The molecule has 0 spiro atoms. The summed E-state index contributed by atoms with van der Waals surface area (Å²) in [6, 6.07) is 5.58. The first-order valence-electron chi connectivity index (χ1n) is 7.70. The van der Waals surface area contributed by atoms with E-state index in [1.165, 1.54) is 25.7 Å². The van der Waals surface area contributed by atoms with E-state index in [2.05, 4.69) is 12.2 Å². The van der Waals surface area contributed by atoms with Gasteiger partial charge in [-0.25, -0.2) is 0 Å². The Labute approximate surface area is 121 Å². The van der Waals surface area contributed by atoms with Gasteiger partial charge in [-0.2, -0.15) is 0 Å². The molecule has 20 heavy (non-hydrogen) atoms. The summed E-state index contributed by atoms with van der Waals surface area (Å²) >= 11 is 0. The lowest BCUT2D eigenvalue weighted by Gasteiger charge is -2.26. The SMILES string of the molecule is Cc1ccc(C(=O)NCCC2CCC(C)CC2)c(N)c1. The van der Waals surface area contributed by atoms with Crippen LogP contribution in [0, 0.1) is 18.8 Å². The van der Waals surface area contributed by atoms with Gasteiger partial charge in [0.05, 0.1) is 5.56 Å². The summed E-state index contributed by atoms with van der Waals surface area (Å²) in [7, 11) is 0. The second-order valence-corrected chi connectivity index (χ2v) is 6.26. The number of nitrogens with one attached hydrogen (secondary N) is 1. The maximum Gasteiger partial charge on any atom is 0.253 e. The maximum atomic E-state index is 12.1. The van der Waals surface area contributed by atoms with Crippen molar-refractivity contribution in [3.63, 3.8) is 0 Å². The summed E-state index contributed by atoms with van der Waals surface area (Å²) in [6.07, 6.45) is 6.38. The number of carbonyl (C=O) groups is 1. The third-order valence-electron chi connectivity index (χ3n) is 4.43. The zero-order valence-electron chi connectivity index (χ0n) is 12.6. The Balaban J connectivity index is 1.77. The lowest BCUT2D eigenvalue weighted by atomic mass is 9.81. The van der Waals surface area contributed by atoms with Crippen LogP contribution in [0.4, 0.5) is 5.69 Å². The fraction of sp³-hybridized carbons (Fsp3) is 0.588. The predicted octanol–water partition coefficient (Wildman–Crippen LogP) is 3.52. The highest BCUT2D eigenvalue weighted by molar-refractivity contribution is 5.99.